The van der Waals surface area contributed by atoms with Crippen molar-refractivity contribution in [1.82, 2.24) is 4.90 Å². The molecule has 0 aromatic heterocycles. The van der Waals surface area contributed by atoms with Crippen molar-refractivity contribution in [2.75, 3.05) is 13.1 Å². The van der Waals surface area contributed by atoms with Gasteiger partial charge in [0, 0.05) is 31.7 Å². The van der Waals surface area contributed by atoms with E-state index in [0.29, 0.717) is 24.4 Å². The van der Waals surface area contributed by atoms with E-state index in [4.69, 9.17) is 5.73 Å². The Labute approximate surface area is 113 Å². The van der Waals surface area contributed by atoms with Crippen LogP contribution in [0.2, 0.25) is 0 Å². The lowest BCUT2D eigenvalue weighted by atomic mass is 9.78. The highest BCUT2D eigenvalue weighted by Crippen LogP contribution is 2.36. The molecule has 1 aliphatic heterocycles. The van der Waals surface area contributed by atoms with E-state index in [-0.39, 0.29) is 11.6 Å². The number of aromatic hydroxyl groups is 1. The number of nitrogens with zero attached hydrogens (tertiary/aromatic N) is 1. The first-order valence-electron chi connectivity index (χ1n) is 7.08. The maximum absolute atomic E-state index is 13.3. The van der Waals surface area contributed by atoms with Gasteiger partial charge in [0.15, 0.2) is 0 Å². The minimum Gasteiger partial charge on any atom is -0.508 e. The Bertz CT molecular complexity index is 445. The lowest BCUT2D eigenvalue weighted by molar-refractivity contribution is 0.259. The van der Waals surface area contributed by atoms with Gasteiger partial charge in [-0.1, -0.05) is 6.42 Å². The van der Waals surface area contributed by atoms with Crippen molar-refractivity contribution in [2.45, 2.75) is 31.8 Å². The molecule has 0 bridgehead atoms. The fraction of sp³-hybridized carbons (Fsp3) is 0.600. The number of fused-ring (bicyclic) bond motifs is 1. The van der Waals surface area contributed by atoms with Gasteiger partial charge in [0.05, 0.1) is 0 Å². The zero-order chi connectivity index (χ0) is 13.4. The molecule has 1 saturated heterocycles. The molecule has 1 aromatic carbocycles. The van der Waals surface area contributed by atoms with E-state index in [1.54, 1.807) is 6.07 Å². The predicted molar refractivity (Wildman–Crippen MR) is 72.1 cm³/mol. The Kier molecular flexibility index (Phi) is 3.46. The molecule has 1 saturated carbocycles. The Morgan fingerprint density at radius 3 is 2.84 bits per heavy atom. The van der Waals surface area contributed by atoms with Crippen LogP contribution in [0.25, 0.3) is 0 Å². The third-order valence-electron chi connectivity index (χ3n) is 4.58. The number of hydrogen-bond donors (Lipinski definition) is 2. The zero-order valence-corrected chi connectivity index (χ0v) is 11.1. The first-order chi connectivity index (χ1) is 9.11. The van der Waals surface area contributed by atoms with E-state index in [1.165, 1.54) is 18.9 Å². The summed E-state index contributed by atoms with van der Waals surface area (Å²) < 4.78 is 13.3. The Morgan fingerprint density at radius 2 is 2.11 bits per heavy atom. The van der Waals surface area contributed by atoms with Crippen LogP contribution in [0.3, 0.4) is 0 Å². The highest BCUT2D eigenvalue weighted by molar-refractivity contribution is 5.28. The van der Waals surface area contributed by atoms with E-state index in [9.17, 15) is 9.50 Å². The van der Waals surface area contributed by atoms with Gasteiger partial charge in [-0.3, -0.25) is 4.90 Å². The van der Waals surface area contributed by atoms with Crippen LogP contribution in [0.1, 0.15) is 24.8 Å². The molecule has 3 N–H and O–H groups in total. The van der Waals surface area contributed by atoms with Gasteiger partial charge < -0.3 is 10.8 Å². The molecule has 0 amide bonds. The summed E-state index contributed by atoms with van der Waals surface area (Å²) in [5, 5.41) is 9.44. The predicted octanol–water partition coefficient (Wildman–Crippen LogP) is 2.09. The Morgan fingerprint density at radius 1 is 1.26 bits per heavy atom. The molecule has 3 nitrogen and oxygen atoms in total. The third-order valence-corrected chi connectivity index (χ3v) is 4.58. The first-order valence-corrected chi connectivity index (χ1v) is 7.08. The lowest BCUT2D eigenvalue weighted by Gasteiger charge is -2.29. The SMILES string of the molecule is NC1CCCC2CN(Cc3cc(O)cc(F)c3)CC12. The lowest BCUT2D eigenvalue weighted by Crippen LogP contribution is -2.38. The van der Waals surface area contributed by atoms with E-state index < -0.39 is 0 Å². The molecule has 0 radical (unpaired) electrons. The molecule has 3 unspecified atom stereocenters. The standard InChI is InChI=1S/C15H21FN2O/c16-12-4-10(5-13(19)6-12)7-18-8-11-2-1-3-15(17)14(11)9-18/h4-6,11,14-15,19H,1-3,7-9,17H2. The molecule has 1 aromatic rings. The second kappa shape index (κ2) is 5.10. The maximum Gasteiger partial charge on any atom is 0.127 e. The van der Waals surface area contributed by atoms with Crippen molar-refractivity contribution < 1.29 is 9.50 Å². The van der Waals surface area contributed by atoms with Gasteiger partial charge in [0.25, 0.3) is 0 Å². The van der Waals surface area contributed by atoms with Gasteiger partial charge in [-0.2, -0.15) is 0 Å². The number of halogens is 1. The smallest absolute Gasteiger partial charge is 0.127 e. The summed E-state index contributed by atoms with van der Waals surface area (Å²) in [6.07, 6.45) is 3.63. The molecular weight excluding hydrogens is 243 g/mol. The minimum atomic E-state index is -0.372. The average Bonchev–Trinajstić information content (AvgIpc) is 2.71. The van der Waals surface area contributed by atoms with Crippen LogP contribution in [0, 0.1) is 17.7 Å². The number of benzene rings is 1. The van der Waals surface area contributed by atoms with E-state index in [0.717, 1.165) is 31.1 Å². The van der Waals surface area contributed by atoms with Gasteiger partial charge in [-0.15, -0.1) is 0 Å². The molecular formula is C15H21FN2O. The molecule has 1 aliphatic carbocycles. The second-order valence-electron chi connectivity index (χ2n) is 6.03. The summed E-state index contributed by atoms with van der Waals surface area (Å²) in [5.41, 5.74) is 7.03. The van der Waals surface area contributed by atoms with E-state index in [1.807, 2.05) is 0 Å². The number of phenolic OH excluding ortho intramolecular Hbond substituents is 1. The van der Waals surface area contributed by atoms with E-state index in [2.05, 4.69) is 4.90 Å². The molecule has 3 rings (SSSR count). The second-order valence-corrected chi connectivity index (χ2v) is 6.03. The molecule has 3 atom stereocenters. The quantitative estimate of drug-likeness (QED) is 0.860. The summed E-state index contributed by atoms with van der Waals surface area (Å²) in [4.78, 5) is 2.34. The highest BCUT2D eigenvalue weighted by atomic mass is 19.1. The molecule has 4 heteroatoms. The van der Waals surface area contributed by atoms with Gasteiger partial charge in [0.1, 0.15) is 11.6 Å². The number of phenols is 1. The van der Waals surface area contributed by atoms with Crippen molar-refractivity contribution in [3.05, 3.63) is 29.6 Å². The summed E-state index contributed by atoms with van der Waals surface area (Å²) >= 11 is 0. The molecule has 19 heavy (non-hydrogen) atoms. The van der Waals surface area contributed by atoms with E-state index >= 15 is 0 Å². The van der Waals surface area contributed by atoms with Gasteiger partial charge in [-0.25, -0.2) is 4.39 Å². The van der Waals surface area contributed by atoms with Crippen molar-refractivity contribution in [2.24, 2.45) is 17.6 Å². The van der Waals surface area contributed by atoms with Crippen molar-refractivity contribution in [1.29, 1.82) is 0 Å². The summed E-state index contributed by atoms with van der Waals surface area (Å²) in [6, 6.07) is 4.61. The molecule has 1 heterocycles. The molecule has 2 fully saturated rings. The number of nitrogens with two attached hydrogens (primary N) is 1. The first kappa shape index (κ1) is 12.9. The van der Waals surface area contributed by atoms with Crippen molar-refractivity contribution >= 4 is 0 Å². The third kappa shape index (κ3) is 2.74. The van der Waals surface area contributed by atoms with Crippen LogP contribution in [0.5, 0.6) is 5.75 Å². The largest absolute Gasteiger partial charge is 0.508 e. The fourth-order valence-corrected chi connectivity index (χ4v) is 3.72. The average molecular weight is 264 g/mol. The zero-order valence-electron chi connectivity index (χ0n) is 11.1. The maximum atomic E-state index is 13.3. The number of likely N-dealkylation sites (tertiary alicyclic amines) is 1. The number of rotatable bonds is 2. The summed E-state index contributed by atoms with van der Waals surface area (Å²) in [7, 11) is 0. The topological polar surface area (TPSA) is 49.5 Å². The van der Waals surface area contributed by atoms with Crippen LogP contribution in [-0.2, 0) is 6.54 Å². The fourth-order valence-electron chi connectivity index (χ4n) is 3.72. The van der Waals surface area contributed by atoms with Crippen LogP contribution in [0.4, 0.5) is 4.39 Å². The highest BCUT2D eigenvalue weighted by Gasteiger charge is 2.38. The molecule has 104 valence electrons. The summed E-state index contributed by atoms with van der Waals surface area (Å²) in [5.74, 6) is 0.924. The Balaban J connectivity index is 1.68. The molecule has 0 spiro atoms. The minimum absolute atomic E-state index is 0.00307. The van der Waals surface area contributed by atoms with Gasteiger partial charge >= 0.3 is 0 Å². The van der Waals surface area contributed by atoms with Crippen LogP contribution >= 0.6 is 0 Å². The van der Waals surface area contributed by atoms with Crippen LogP contribution in [0.15, 0.2) is 18.2 Å². The Hall–Kier alpha value is -1.13. The van der Waals surface area contributed by atoms with Crippen LogP contribution in [-0.4, -0.2) is 29.1 Å². The van der Waals surface area contributed by atoms with Crippen molar-refractivity contribution in [3.8, 4) is 5.75 Å². The normalized spacial score (nSPS) is 31.4. The van der Waals surface area contributed by atoms with Crippen molar-refractivity contribution in [3.63, 3.8) is 0 Å². The monoisotopic (exact) mass is 264 g/mol. The van der Waals surface area contributed by atoms with Crippen LogP contribution < -0.4 is 5.73 Å². The van der Waals surface area contributed by atoms with Gasteiger partial charge in [-0.05, 0) is 42.4 Å². The number of hydrogen-bond acceptors (Lipinski definition) is 3. The summed E-state index contributed by atoms with van der Waals surface area (Å²) in [6.45, 7) is 2.75. The van der Waals surface area contributed by atoms with Gasteiger partial charge in [0.2, 0.25) is 0 Å². The molecule has 2 aliphatic rings.